The van der Waals surface area contributed by atoms with Crippen molar-refractivity contribution in [3.63, 3.8) is 0 Å². The van der Waals surface area contributed by atoms with E-state index in [2.05, 4.69) is 57.2 Å². The van der Waals surface area contributed by atoms with Crippen molar-refractivity contribution in [2.45, 2.75) is 66.1 Å². The molecule has 0 saturated heterocycles. The first kappa shape index (κ1) is 14.2. The molecule has 0 amide bonds. The Bertz CT molecular complexity index is 335. The lowest BCUT2D eigenvalue weighted by Crippen LogP contribution is -2.27. The van der Waals surface area contributed by atoms with Gasteiger partial charge in [-0.25, -0.2) is 4.68 Å². The molecule has 0 aliphatic heterocycles. The lowest BCUT2D eigenvalue weighted by atomic mass is 10.1. The summed E-state index contributed by atoms with van der Waals surface area (Å²) in [5.74, 6) is 0.725. The average molecular weight is 238 g/mol. The molecule has 0 aliphatic carbocycles. The van der Waals surface area contributed by atoms with E-state index in [1.165, 1.54) is 6.42 Å². The molecule has 98 valence electrons. The van der Waals surface area contributed by atoms with Crippen molar-refractivity contribution in [2.75, 3.05) is 0 Å². The van der Waals surface area contributed by atoms with E-state index >= 15 is 0 Å². The molecule has 1 aromatic rings. The molecule has 0 fully saturated rings. The van der Waals surface area contributed by atoms with Gasteiger partial charge in [-0.05, 0) is 40.0 Å². The zero-order chi connectivity index (χ0) is 13.1. The zero-order valence-electron chi connectivity index (χ0n) is 12.0. The first-order valence-corrected chi connectivity index (χ1v) is 6.44. The molecular formula is C13H26N4. The van der Waals surface area contributed by atoms with Crippen molar-refractivity contribution in [3.8, 4) is 0 Å². The molecule has 4 nitrogen and oxygen atoms in total. The monoisotopic (exact) mass is 238 g/mol. The average Bonchev–Trinajstić information content (AvgIpc) is 2.61. The molecule has 4 heteroatoms. The van der Waals surface area contributed by atoms with Crippen molar-refractivity contribution >= 4 is 0 Å². The van der Waals surface area contributed by atoms with E-state index in [0.717, 1.165) is 18.2 Å². The van der Waals surface area contributed by atoms with Crippen LogP contribution in [0.5, 0.6) is 0 Å². The highest BCUT2D eigenvalue weighted by Gasteiger charge is 2.15. The molecule has 1 unspecified atom stereocenters. The SMILES string of the molecule is CC(C)CC(C)NCc1cn(C(C)(C)C)nn1. The highest BCUT2D eigenvalue weighted by atomic mass is 15.4. The van der Waals surface area contributed by atoms with E-state index in [4.69, 9.17) is 0 Å². The molecule has 1 atom stereocenters. The van der Waals surface area contributed by atoms with E-state index in [9.17, 15) is 0 Å². The van der Waals surface area contributed by atoms with Crippen LogP contribution in [0.25, 0.3) is 0 Å². The first-order valence-electron chi connectivity index (χ1n) is 6.44. The van der Waals surface area contributed by atoms with Gasteiger partial charge < -0.3 is 5.32 Å². The summed E-state index contributed by atoms with van der Waals surface area (Å²) in [5, 5.41) is 11.8. The fourth-order valence-electron chi connectivity index (χ4n) is 1.78. The van der Waals surface area contributed by atoms with Crippen LogP contribution in [0.15, 0.2) is 6.20 Å². The molecule has 1 heterocycles. The molecule has 0 aliphatic rings. The van der Waals surface area contributed by atoms with Gasteiger partial charge in [-0.3, -0.25) is 0 Å². The molecule has 0 radical (unpaired) electrons. The molecule has 0 bridgehead atoms. The van der Waals surface area contributed by atoms with Gasteiger partial charge in [0.25, 0.3) is 0 Å². The molecule has 0 saturated carbocycles. The molecular weight excluding hydrogens is 212 g/mol. The minimum Gasteiger partial charge on any atom is -0.309 e. The predicted molar refractivity (Wildman–Crippen MR) is 70.8 cm³/mol. The third-order valence-electron chi connectivity index (χ3n) is 2.68. The lowest BCUT2D eigenvalue weighted by molar-refractivity contribution is 0.346. The zero-order valence-corrected chi connectivity index (χ0v) is 12.0. The minimum atomic E-state index is 0.00873. The highest BCUT2D eigenvalue weighted by Crippen LogP contribution is 2.12. The number of nitrogens with one attached hydrogen (secondary N) is 1. The summed E-state index contributed by atoms with van der Waals surface area (Å²) in [5.41, 5.74) is 1.02. The predicted octanol–water partition coefficient (Wildman–Crippen LogP) is 2.56. The lowest BCUT2D eigenvalue weighted by Gasteiger charge is -2.17. The Morgan fingerprint density at radius 2 is 1.94 bits per heavy atom. The molecule has 1 aromatic heterocycles. The van der Waals surface area contributed by atoms with Gasteiger partial charge in [0.05, 0.1) is 17.4 Å². The standard InChI is InChI=1S/C13H26N4/c1-10(2)7-11(3)14-8-12-9-17(16-15-12)13(4,5)6/h9-11,14H,7-8H2,1-6H3. The maximum absolute atomic E-state index is 4.18. The van der Waals surface area contributed by atoms with Crippen LogP contribution in [-0.2, 0) is 12.1 Å². The summed E-state index contributed by atoms with van der Waals surface area (Å²) in [6.45, 7) is 13.9. The van der Waals surface area contributed by atoms with Crippen LogP contribution in [0.2, 0.25) is 0 Å². The second-order valence-electron chi connectivity index (χ2n) is 6.24. The summed E-state index contributed by atoms with van der Waals surface area (Å²) in [6, 6.07) is 0.523. The Kier molecular flexibility index (Phi) is 4.69. The van der Waals surface area contributed by atoms with Gasteiger partial charge in [0.1, 0.15) is 0 Å². The number of rotatable bonds is 5. The molecule has 1 rings (SSSR count). The van der Waals surface area contributed by atoms with Gasteiger partial charge in [-0.15, -0.1) is 5.10 Å². The van der Waals surface area contributed by atoms with Crippen molar-refractivity contribution in [1.29, 1.82) is 0 Å². The van der Waals surface area contributed by atoms with E-state index in [1.54, 1.807) is 0 Å². The van der Waals surface area contributed by atoms with E-state index < -0.39 is 0 Å². The summed E-state index contributed by atoms with van der Waals surface area (Å²) >= 11 is 0. The number of aromatic nitrogens is 3. The van der Waals surface area contributed by atoms with Crippen molar-refractivity contribution in [1.82, 2.24) is 20.3 Å². The van der Waals surface area contributed by atoms with Crippen molar-refractivity contribution < 1.29 is 0 Å². The molecule has 17 heavy (non-hydrogen) atoms. The van der Waals surface area contributed by atoms with Crippen LogP contribution in [0, 0.1) is 5.92 Å². The molecule has 1 N–H and O–H groups in total. The number of nitrogens with zero attached hydrogens (tertiary/aromatic N) is 3. The third kappa shape index (κ3) is 4.86. The molecule has 0 aromatic carbocycles. The largest absolute Gasteiger partial charge is 0.309 e. The van der Waals surface area contributed by atoms with Crippen LogP contribution < -0.4 is 5.32 Å². The van der Waals surface area contributed by atoms with Crippen LogP contribution in [0.3, 0.4) is 0 Å². The fraction of sp³-hybridized carbons (Fsp3) is 0.846. The van der Waals surface area contributed by atoms with Crippen LogP contribution in [0.4, 0.5) is 0 Å². The summed E-state index contributed by atoms with van der Waals surface area (Å²) in [6.07, 6.45) is 3.21. The molecule has 0 spiro atoms. The fourth-order valence-corrected chi connectivity index (χ4v) is 1.78. The second-order valence-corrected chi connectivity index (χ2v) is 6.24. The van der Waals surface area contributed by atoms with Gasteiger partial charge >= 0.3 is 0 Å². The van der Waals surface area contributed by atoms with Gasteiger partial charge in [0.15, 0.2) is 0 Å². The van der Waals surface area contributed by atoms with Crippen molar-refractivity contribution in [2.24, 2.45) is 5.92 Å². The van der Waals surface area contributed by atoms with E-state index in [0.29, 0.717) is 6.04 Å². The first-order chi connectivity index (χ1) is 7.79. The van der Waals surface area contributed by atoms with E-state index in [1.807, 2.05) is 10.9 Å². The Hall–Kier alpha value is -0.900. The number of hydrogen-bond donors (Lipinski definition) is 1. The highest BCUT2D eigenvalue weighted by molar-refractivity contribution is 4.94. The summed E-state index contributed by atoms with van der Waals surface area (Å²) in [7, 11) is 0. The van der Waals surface area contributed by atoms with Gasteiger partial charge in [-0.2, -0.15) is 0 Å². The van der Waals surface area contributed by atoms with Crippen molar-refractivity contribution in [3.05, 3.63) is 11.9 Å². The summed E-state index contributed by atoms with van der Waals surface area (Å²) in [4.78, 5) is 0. The topological polar surface area (TPSA) is 42.7 Å². The quantitative estimate of drug-likeness (QED) is 0.857. The van der Waals surface area contributed by atoms with Gasteiger partial charge in [0.2, 0.25) is 0 Å². The smallest absolute Gasteiger partial charge is 0.0965 e. The Labute approximate surface area is 105 Å². The maximum Gasteiger partial charge on any atom is 0.0965 e. The Morgan fingerprint density at radius 3 is 2.41 bits per heavy atom. The Balaban J connectivity index is 2.45. The summed E-state index contributed by atoms with van der Waals surface area (Å²) < 4.78 is 1.91. The van der Waals surface area contributed by atoms with Gasteiger partial charge in [-0.1, -0.05) is 19.1 Å². The minimum absolute atomic E-state index is 0.00873. The van der Waals surface area contributed by atoms with E-state index in [-0.39, 0.29) is 5.54 Å². The van der Waals surface area contributed by atoms with Crippen LogP contribution in [0.1, 0.15) is 53.7 Å². The maximum atomic E-state index is 4.18. The normalized spacial score (nSPS) is 14.3. The van der Waals surface area contributed by atoms with Gasteiger partial charge in [0, 0.05) is 12.6 Å². The second kappa shape index (κ2) is 5.63. The number of hydrogen-bond acceptors (Lipinski definition) is 3. The third-order valence-corrected chi connectivity index (χ3v) is 2.68. The van der Waals surface area contributed by atoms with Crippen LogP contribution >= 0.6 is 0 Å². The Morgan fingerprint density at radius 1 is 1.29 bits per heavy atom. The van der Waals surface area contributed by atoms with Crippen LogP contribution in [-0.4, -0.2) is 21.0 Å².